The highest BCUT2D eigenvalue weighted by atomic mass is 79.9. The number of imidazole rings is 1. The van der Waals surface area contributed by atoms with Crippen molar-refractivity contribution in [3.8, 4) is 0 Å². The summed E-state index contributed by atoms with van der Waals surface area (Å²) in [5.41, 5.74) is 6.78. The average molecular weight is 364 g/mol. The van der Waals surface area contributed by atoms with Crippen LogP contribution in [0.15, 0.2) is 35.2 Å². The summed E-state index contributed by atoms with van der Waals surface area (Å²) in [6.07, 6.45) is 4.83. The molecule has 0 aliphatic rings. The number of rotatable bonds is 4. The van der Waals surface area contributed by atoms with Gasteiger partial charge in [0.05, 0.1) is 17.2 Å². The van der Waals surface area contributed by atoms with Gasteiger partial charge in [-0.05, 0) is 28.1 Å². The Morgan fingerprint density at radius 2 is 2.18 bits per heavy atom. The zero-order valence-electron chi connectivity index (χ0n) is 11.1. The lowest BCUT2D eigenvalue weighted by Gasteiger charge is -2.03. The SMILES string of the molecule is Nc1nc(NCc2cn3cc(Br)ccc3n2)ncc1[N+](=O)[O-]. The van der Waals surface area contributed by atoms with Crippen LogP contribution in [0.4, 0.5) is 17.5 Å². The van der Waals surface area contributed by atoms with E-state index in [1.54, 1.807) is 0 Å². The highest BCUT2D eigenvalue weighted by Gasteiger charge is 2.14. The molecule has 0 aliphatic carbocycles. The predicted octanol–water partition coefficient (Wildman–Crippen LogP) is 1.99. The van der Waals surface area contributed by atoms with E-state index in [9.17, 15) is 10.1 Å². The number of pyridine rings is 1. The number of nitrogen functional groups attached to an aromatic ring is 1. The minimum absolute atomic E-state index is 0.179. The highest BCUT2D eigenvalue weighted by molar-refractivity contribution is 9.10. The Bertz CT molecular complexity index is 864. The summed E-state index contributed by atoms with van der Waals surface area (Å²) in [4.78, 5) is 22.2. The molecule has 0 fully saturated rings. The van der Waals surface area contributed by atoms with Gasteiger partial charge in [-0.2, -0.15) is 4.98 Å². The second-order valence-electron chi connectivity index (χ2n) is 4.42. The van der Waals surface area contributed by atoms with Crippen molar-refractivity contribution >= 4 is 39.0 Å². The number of nitrogens with zero attached hydrogens (tertiary/aromatic N) is 5. The normalized spacial score (nSPS) is 10.8. The van der Waals surface area contributed by atoms with Crippen molar-refractivity contribution in [3.05, 3.63) is 51.0 Å². The molecule has 0 aromatic carbocycles. The molecular weight excluding hydrogens is 354 g/mol. The van der Waals surface area contributed by atoms with Crippen LogP contribution in [-0.4, -0.2) is 24.3 Å². The predicted molar refractivity (Wildman–Crippen MR) is 83.3 cm³/mol. The summed E-state index contributed by atoms with van der Waals surface area (Å²) in [7, 11) is 0. The number of nitrogens with one attached hydrogen (secondary N) is 1. The molecule has 22 heavy (non-hydrogen) atoms. The Balaban J connectivity index is 1.76. The Labute approximate surface area is 132 Å². The number of anilines is 2. The first kappa shape index (κ1) is 14.2. The van der Waals surface area contributed by atoms with Crippen molar-refractivity contribution in [2.24, 2.45) is 0 Å². The molecule has 3 aromatic rings. The summed E-state index contributed by atoms with van der Waals surface area (Å²) in [5, 5.41) is 13.6. The first-order valence-corrected chi connectivity index (χ1v) is 6.96. The van der Waals surface area contributed by atoms with E-state index in [1.165, 1.54) is 0 Å². The third-order valence-electron chi connectivity index (χ3n) is 2.89. The number of nitrogens with two attached hydrogens (primary N) is 1. The maximum Gasteiger partial charge on any atom is 0.329 e. The minimum atomic E-state index is -0.626. The van der Waals surface area contributed by atoms with E-state index in [4.69, 9.17) is 5.73 Å². The van der Waals surface area contributed by atoms with Crippen molar-refractivity contribution in [1.29, 1.82) is 0 Å². The van der Waals surface area contributed by atoms with Crippen LogP contribution in [0.3, 0.4) is 0 Å². The fourth-order valence-electron chi connectivity index (χ4n) is 1.89. The molecule has 0 saturated carbocycles. The fraction of sp³-hybridized carbons (Fsp3) is 0.0833. The standard InChI is InChI=1S/C12H10BrN7O2/c13-7-1-2-10-17-8(6-19(10)5-7)3-15-12-16-4-9(20(21)22)11(14)18-12/h1-2,4-6H,3H2,(H3,14,15,16,18). The molecule has 3 aromatic heterocycles. The molecule has 0 atom stereocenters. The van der Waals surface area contributed by atoms with Crippen LogP contribution in [-0.2, 0) is 6.54 Å². The number of nitro groups is 1. The van der Waals surface area contributed by atoms with E-state index in [0.29, 0.717) is 6.54 Å². The maximum atomic E-state index is 10.6. The smallest absolute Gasteiger partial charge is 0.329 e. The molecule has 3 rings (SSSR count). The van der Waals surface area contributed by atoms with Gasteiger partial charge < -0.3 is 15.5 Å². The van der Waals surface area contributed by atoms with Gasteiger partial charge >= 0.3 is 5.69 Å². The van der Waals surface area contributed by atoms with Crippen LogP contribution >= 0.6 is 15.9 Å². The van der Waals surface area contributed by atoms with Crippen molar-refractivity contribution in [1.82, 2.24) is 19.4 Å². The lowest BCUT2D eigenvalue weighted by molar-refractivity contribution is -0.384. The number of fused-ring (bicyclic) bond motifs is 1. The van der Waals surface area contributed by atoms with Gasteiger partial charge in [-0.25, -0.2) is 9.97 Å². The lowest BCUT2D eigenvalue weighted by Crippen LogP contribution is -2.07. The van der Waals surface area contributed by atoms with E-state index in [0.717, 1.165) is 22.0 Å². The van der Waals surface area contributed by atoms with Gasteiger partial charge in [-0.3, -0.25) is 10.1 Å². The fourth-order valence-corrected chi connectivity index (χ4v) is 2.24. The van der Waals surface area contributed by atoms with Crippen LogP contribution in [0.25, 0.3) is 5.65 Å². The lowest BCUT2D eigenvalue weighted by atomic mass is 10.4. The van der Waals surface area contributed by atoms with Gasteiger partial charge in [0.1, 0.15) is 11.8 Å². The Morgan fingerprint density at radius 1 is 1.36 bits per heavy atom. The average Bonchev–Trinajstić information content (AvgIpc) is 2.86. The molecule has 0 spiro atoms. The molecule has 0 amide bonds. The molecule has 3 heterocycles. The summed E-state index contributed by atoms with van der Waals surface area (Å²) in [6.45, 7) is 0.372. The van der Waals surface area contributed by atoms with E-state index in [2.05, 4.69) is 36.2 Å². The van der Waals surface area contributed by atoms with Gasteiger partial charge in [0, 0.05) is 16.9 Å². The molecule has 9 nitrogen and oxygen atoms in total. The second-order valence-corrected chi connectivity index (χ2v) is 5.34. The Kier molecular flexibility index (Phi) is 3.59. The van der Waals surface area contributed by atoms with Crippen molar-refractivity contribution < 1.29 is 4.92 Å². The quantitative estimate of drug-likeness (QED) is 0.536. The van der Waals surface area contributed by atoms with Gasteiger partial charge in [0.25, 0.3) is 0 Å². The zero-order chi connectivity index (χ0) is 15.7. The molecular formula is C12H10BrN7O2. The maximum absolute atomic E-state index is 10.6. The van der Waals surface area contributed by atoms with Crippen LogP contribution < -0.4 is 11.1 Å². The number of hydrogen-bond acceptors (Lipinski definition) is 7. The first-order chi connectivity index (χ1) is 10.5. The number of halogens is 1. The topological polar surface area (TPSA) is 124 Å². The molecule has 0 radical (unpaired) electrons. The summed E-state index contributed by atoms with van der Waals surface area (Å²) in [6, 6.07) is 3.79. The molecule has 112 valence electrons. The zero-order valence-corrected chi connectivity index (χ0v) is 12.7. The summed E-state index contributed by atoms with van der Waals surface area (Å²) in [5.74, 6) is 0.0303. The summed E-state index contributed by atoms with van der Waals surface area (Å²) < 4.78 is 2.83. The molecule has 10 heteroatoms. The van der Waals surface area contributed by atoms with Crippen molar-refractivity contribution in [2.45, 2.75) is 6.54 Å². The molecule has 0 unspecified atom stereocenters. The van der Waals surface area contributed by atoms with Crippen LogP contribution in [0.2, 0.25) is 0 Å². The van der Waals surface area contributed by atoms with E-state index in [-0.39, 0.29) is 17.5 Å². The number of hydrogen-bond donors (Lipinski definition) is 2. The third kappa shape index (κ3) is 2.81. The van der Waals surface area contributed by atoms with Crippen LogP contribution in [0.1, 0.15) is 5.69 Å². The van der Waals surface area contributed by atoms with Crippen molar-refractivity contribution in [2.75, 3.05) is 11.1 Å². The third-order valence-corrected chi connectivity index (χ3v) is 3.36. The largest absolute Gasteiger partial charge is 0.378 e. The van der Waals surface area contributed by atoms with Crippen molar-refractivity contribution in [3.63, 3.8) is 0 Å². The Hall–Kier alpha value is -2.75. The van der Waals surface area contributed by atoms with E-state index < -0.39 is 4.92 Å². The highest BCUT2D eigenvalue weighted by Crippen LogP contribution is 2.18. The summed E-state index contributed by atoms with van der Waals surface area (Å²) >= 11 is 3.39. The molecule has 3 N–H and O–H groups in total. The minimum Gasteiger partial charge on any atom is -0.378 e. The molecule has 0 bridgehead atoms. The molecule has 0 aliphatic heterocycles. The molecule has 0 saturated heterocycles. The van der Waals surface area contributed by atoms with Gasteiger partial charge in [0.2, 0.25) is 11.8 Å². The van der Waals surface area contributed by atoms with Gasteiger partial charge in [-0.15, -0.1) is 0 Å². The van der Waals surface area contributed by atoms with Gasteiger partial charge in [-0.1, -0.05) is 0 Å². The monoisotopic (exact) mass is 363 g/mol. The van der Waals surface area contributed by atoms with E-state index >= 15 is 0 Å². The van der Waals surface area contributed by atoms with Gasteiger partial charge in [0.15, 0.2) is 0 Å². The first-order valence-electron chi connectivity index (χ1n) is 6.17. The van der Waals surface area contributed by atoms with E-state index in [1.807, 2.05) is 28.9 Å². The van der Waals surface area contributed by atoms with Crippen LogP contribution in [0.5, 0.6) is 0 Å². The van der Waals surface area contributed by atoms with Crippen LogP contribution in [0, 0.1) is 10.1 Å². The number of aromatic nitrogens is 4. The second kappa shape index (κ2) is 5.56. The Morgan fingerprint density at radius 3 is 2.91 bits per heavy atom.